The molecule has 0 spiro atoms. The molecule has 1 aromatic rings. The molecule has 18 heavy (non-hydrogen) atoms. The average molecular weight is 257 g/mol. The third kappa shape index (κ3) is 3.48. The van der Waals surface area contributed by atoms with Crippen molar-refractivity contribution in [2.24, 2.45) is 5.92 Å². The van der Waals surface area contributed by atoms with Gasteiger partial charge in [-0.25, -0.2) is 0 Å². The predicted molar refractivity (Wildman–Crippen MR) is 65.1 cm³/mol. The minimum absolute atomic E-state index is 0.571. The second kappa shape index (κ2) is 5.31. The molecule has 0 radical (unpaired) electrons. The standard InChI is InChI=1S/C14H18F3N/c1-11-6-8-18(9-7-11)10-12-2-4-13(5-3-12)14(15,16)17/h2-5,11H,6-10H2,1H3. The number of benzene rings is 1. The van der Waals surface area contributed by atoms with Crippen molar-refractivity contribution in [1.29, 1.82) is 0 Å². The highest BCUT2D eigenvalue weighted by molar-refractivity contribution is 5.24. The summed E-state index contributed by atoms with van der Waals surface area (Å²) in [5.74, 6) is 0.772. The molecule has 0 atom stereocenters. The second-order valence-electron chi connectivity index (χ2n) is 5.15. The molecular formula is C14H18F3N. The van der Waals surface area contributed by atoms with Crippen LogP contribution in [0.1, 0.15) is 30.9 Å². The molecular weight excluding hydrogens is 239 g/mol. The average Bonchev–Trinajstić information content (AvgIpc) is 2.32. The van der Waals surface area contributed by atoms with Gasteiger partial charge in [-0.15, -0.1) is 0 Å². The molecule has 0 N–H and O–H groups in total. The molecule has 1 fully saturated rings. The summed E-state index contributed by atoms with van der Waals surface area (Å²) in [7, 11) is 0. The van der Waals surface area contributed by atoms with Crippen molar-refractivity contribution < 1.29 is 13.2 Å². The minimum Gasteiger partial charge on any atom is -0.299 e. The minimum atomic E-state index is -4.24. The van der Waals surface area contributed by atoms with Crippen LogP contribution in [0.4, 0.5) is 13.2 Å². The van der Waals surface area contributed by atoms with Crippen molar-refractivity contribution in [3.8, 4) is 0 Å². The Morgan fingerprint density at radius 2 is 1.67 bits per heavy atom. The van der Waals surface area contributed by atoms with Crippen LogP contribution in [0.25, 0.3) is 0 Å². The number of likely N-dealkylation sites (tertiary alicyclic amines) is 1. The van der Waals surface area contributed by atoms with Gasteiger partial charge in [-0.1, -0.05) is 19.1 Å². The van der Waals surface area contributed by atoms with E-state index >= 15 is 0 Å². The molecule has 4 heteroatoms. The number of halogens is 3. The first-order valence-electron chi connectivity index (χ1n) is 6.33. The largest absolute Gasteiger partial charge is 0.416 e. The molecule has 0 aromatic heterocycles. The number of piperidine rings is 1. The third-order valence-electron chi connectivity index (χ3n) is 3.56. The molecule has 1 aliphatic rings. The van der Waals surface area contributed by atoms with Crippen molar-refractivity contribution >= 4 is 0 Å². The zero-order valence-electron chi connectivity index (χ0n) is 10.5. The molecule has 0 bridgehead atoms. The number of alkyl halides is 3. The Labute approximate surface area is 106 Å². The van der Waals surface area contributed by atoms with E-state index < -0.39 is 11.7 Å². The Hall–Kier alpha value is -1.03. The Bertz CT molecular complexity index is 375. The van der Waals surface area contributed by atoms with E-state index in [2.05, 4.69) is 11.8 Å². The maximum absolute atomic E-state index is 12.4. The SMILES string of the molecule is CC1CCN(Cc2ccc(C(F)(F)F)cc2)CC1. The quantitative estimate of drug-likeness (QED) is 0.775. The van der Waals surface area contributed by atoms with Crippen molar-refractivity contribution in [3.05, 3.63) is 35.4 Å². The number of hydrogen-bond acceptors (Lipinski definition) is 1. The van der Waals surface area contributed by atoms with E-state index in [1.54, 1.807) is 12.1 Å². The highest BCUT2D eigenvalue weighted by Crippen LogP contribution is 2.29. The van der Waals surface area contributed by atoms with Gasteiger partial charge in [-0.2, -0.15) is 13.2 Å². The summed E-state index contributed by atoms with van der Waals surface area (Å²) >= 11 is 0. The fraction of sp³-hybridized carbons (Fsp3) is 0.571. The fourth-order valence-corrected chi connectivity index (χ4v) is 2.28. The number of hydrogen-bond donors (Lipinski definition) is 0. The highest BCUT2D eigenvalue weighted by Gasteiger charge is 2.30. The van der Waals surface area contributed by atoms with E-state index in [9.17, 15) is 13.2 Å². The molecule has 0 aliphatic carbocycles. The van der Waals surface area contributed by atoms with Gasteiger partial charge < -0.3 is 0 Å². The summed E-state index contributed by atoms with van der Waals surface area (Å²) in [6.45, 7) is 5.09. The van der Waals surface area contributed by atoms with Crippen LogP contribution in [-0.2, 0) is 12.7 Å². The van der Waals surface area contributed by atoms with E-state index in [4.69, 9.17) is 0 Å². The lowest BCUT2D eigenvalue weighted by molar-refractivity contribution is -0.137. The van der Waals surface area contributed by atoms with E-state index in [1.807, 2.05) is 0 Å². The van der Waals surface area contributed by atoms with Crippen LogP contribution in [0, 0.1) is 5.92 Å². The maximum atomic E-state index is 12.4. The van der Waals surface area contributed by atoms with Crippen molar-refractivity contribution in [1.82, 2.24) is 4.90 Å². The molecule has 2 rings (SSSR count). The lowest BCUT2D eigenvalue weighted by Crippen LogP contribution is -2.32. The molecule has 0 unspecified atom stereocenters. The molecule has 0 amide bonds. The molecule has 1 saturated heterocycles. The zero-order chi connectivity index (χ0) is 13.2. The van der Waals surface area contributed by atoms with Gasteiger partial charge in [0.15, 0.2) is 0 Å². The van der Waals surface area contributed by atoms with Crippen LogP contribution in [0.15, 0.2) is 24.3 Å². The van der Waals surface area contributed by atoms with Gasteiger partial charge in [-0.05, 0) is 49.5 Å². The fourth-order valence-electron chi connectivity index (χ4n) is 2.28. The summed E-state index contributed by atoms with van der Waals surface area (Å²) in [4.78, 5) is 2.31. The topological polar surface area (TPSA) is 3.24 Å². The van der Waals surface area contributed by atoms with Crippen LogP contribution in [0.3, 0.4) is 0 Å². The number of nitrogens with zero attached hydrogens (tertiary/aromatic N) is 1. The summed E-state index contributed by atoms with van der Waals surface area (Å²) < 4.78 is 37.2. The molecule has 1 heterocycles. The molecule has 1 nitrogen and oxygen atoms in total. The lowest BCUT2D eigenvalue weighted by atomic mass is 9.99. The van der Waals surface area contributed by atoms with Crippen LogP contribution in [-0.4, -0.2) is 18.0 Å². The molecule has 1 aromatic carbocycles. The number of rotatable bonds is 2. The predicted octanol–water partition coefficient (Wildman–Crippen LogP) is 3.94. The van der Waals surface area contributed by atoms with Crippen LogP contribution < -0.4 is 0 Å². The first kappa shape index (κ1) is 13.4. The molecule has 100 valence electrons. The Kier molecular flexibility index (Phi) is 3.95. The van der Waals surface area contributed by atoms with Crippen LogP contribution in [0.2, 0.25) is 0 Å². The Morgan fingerprint density at radius 3 is 2.17 bits per heavy atom. The monoisotopic (exact) mass is 257 g/mol. The van der Waals surface area contributed by atoms with Crippen LogP contribution in [0.5, 0.6) is 0 Å². The third-order valence-corrected chi connectivity index (χ3v) is 3.56. The van der Waals surface area contributed by atoms with Gasteiger partial charge in [0, 0.05) is 6.54 Å². The van der Waals surface area contributed by atoms with Crippen molar-refractivity contribution in [2.45, 2.75) is 32.5 Å². The van der Waals surface area contributed by atoms with Gasteiger partial charge in [0.1, 0.15) is 0 Å². The second-order valence-corrected chi connectivity index (χ2v) is 5.15. The van der Waals surface area contributed by atoms with E-state index in [-0.39, 0.29) is 0 Å². The zero-order valence-corrected chi connectivity index (χ0v) is 10.5. The van der Waals surface area contributed by atoms with Gasteiger partial charge in [0.2, 0.25) is 0 Å². The first-order chi connectivity index (χ1) is 8.45. The lowest BCUT2D eigenvalue weighted by Gasteiger charge is -2.30. The summed E-state index contributed by atoms with van der Waals surface area (Å²) in [6, 6.07) is 5.51. The van der Waals surface area contributed by atoms with Crippen molar-refractivity contribution in [3.63, 3.8) is 0 Å². The Morgan fingerprint density at radius 1 is 1.11 bits per heavy atom. The van der Waals surface area contributed by atoms with Gasteiger partial charge >= 0.3 is 6.18 Å². The van der Waals surface area contributed by atoms with Gasteiger partial charge in [-0.3, -0.25) is 4.90 Å². The van der Waals surface area contributed by atoms with E-state index in [0.29, 0.717) is 0 Å². The maximum Gasteiger partial charge on any atom is 0.416 e. The van der Waals surface area contributed by atoms with E-state index in [0.717, 1.165) is 31.1 Å². The highest BCUT2D eigenvalue weighted by atomic mass is 19.4. The smallest absolute Gasteiger partial charge is 0.299 e. The first-order valence-corrected chi connectivity index (χ1v) is 6.33. The van der Waals surface area contributed by atoms with Crippen LogP contribution >= 0.6 is 0 Å². The summed E-state index contributed by atoms with van der Waals surface area (Å²) in [5.41, 5.74) is 0.385. The molecule has 1 aliphatic heterocycles. The van der Waals surface area contributed by atoms with Crippen molar-refractivity contribution in [2.75, 3.05) is 13.1 Å². The Balaban J connectivity index is 1.94. The van der Waals surface area contributed by atoms with Gasteiger partial charge in [0.05, 0.1) is 5.56 Å². The van der Waals surface area contributed by atoms with E-state index in [1.165, 1.54) is 25.0 Å². The normalized spacial score (nSPS) is 19.1. The summed E-state index contributed by atoms with van der Waals surface area (Å²) in [5, 5.41) is 0. The van der Waals surface area contributed by atoms with Gasteiger partial charge in [0.25, 0.3) is 0 Å². The molecule has 0 saturated carbocycles. The summed E-state index contributed by atoms with van der Waals surface area (Å²) in [6.07, 6.45) is -1.87.